The van der Waals surface area contributed by atoms with E-state index in [9.17, 15) is 19.5 Å². The van der Waals surface area contributed by atoms with Crippen LogP contribution in [0.4, 0.5) is 4.79 Å². The summed E-state index contributed by atoms with van der Waals surface area (Å²) in [5.74, 6) is -1.12. The van der Waals surface area contributed by atoms with Crippen LogP contribution < -0.4 is 5.32 Å². The largest absolute Gasteiger partial charge is 0.480 e. The average molecular weight is 373 g/mol. The lowest BCUT2D eigenvalue weighted by atomic mass is 10.1. The molecule has 26 heavy (non-hydrogen) atoms. The summed E-state index contributed by atoms with van der Waals surface area (Å²) in [5, 5.41) is 10.3. The van der Waals surface area contributed by atoms with Gasteiger partial charge in [-0.2, -0.15) is 0 Å². The van der Waals surface area contributed by atoms with Gasteiger partial charge in [-0.1, -0.05) is 72.4 Å². The van der Waals surface area contributed by atoms with E-state index in [1.165, 1.54) is 6.92 Å². The Balaban J connectivity index is 1.87. The van der Waals surface area contributed by atoms with E-state index in [0.717, 1.165) is 5.56 Å². The molecule has 0 aliphatic heterocycles. The molecule has 136 valence electrons. The number of carbonyl (C=O) groups excluding carboxylic acids is 2. The molecule has 0 unspecified atom stereocenters. The molecule has 7 heteroatoms. The summed E-state index contributed by atoms with van der Waals surface area (Å²) in [5.41, 5.74) is 1.34. The first-order valence-corrected chi connectivity index (χ1v) is 8.81. The van der Waals surface area contributed by atoms with Crippen molar-refractivity contribution in [1.82, 2.24) is 5.32 Å². The van der Waals surface area contributed by atoms with Crippen molar-refractivity contribution in [2.45, 2.75) is 24.8 Å². The van der Waals surface area contributed by atoms with E-state index in [-0.39, 0.29) is 6.61 Å². The predicted molar refractivity (Wildman–Crippen MR) is 98.6 cm³/mol. The molecule has 0 heterocycles. The highest BCUT2D eigenvalue weighted by Crippen LogP contribution is 2.30. The Bertz CT molecular complexity index is 751. The molecule has 0 saturated heterocycles. The Morgan fingerprint density at radius 3 is 2.19 bits per heavy atom. The topological polar surface area (TPSA) is 92.7 Å². The Morgan fingerprint density at radius 1 is 1.04 bits per heavy atom. The van der Waals surface area contributed by atoms with Gasteiger partial charge >= 0.3 is 12.1 Å². The van der Waals surface area contributed by atoms with Gasteiger partial charge in [0.15, 0.2) is 0 Å². The second kappa shape index (κ2) is 9.62. The van der Waals surface area contributed by atoms with Gasteiger partial charge in [0, 0.05) is 0 Å². The maximum absolute atomic E-state index is 12.3. The van der Waals surface area contributed by atoms with Crippen LogP contribution in [0.15, 0.2) is 60.7 Å². The summed E-state index contributed by atoms with van der Waals surface area (Å²) in [7, 11) is 0. The lowest BCUT2D eigenvalue weighted by Crippen LogP contribution is -2.38. The van der Waals surface area contributed by atoms with Gasteiger partial charge in [0.25, 0.3) is 0 Å². The van der Waals surface area contributed by atoms with Gasteiger partial charge in [0.05, 0.1) is 6.04 Å². The van der Waals surface area contributed by atoms with E-state index in [0.29, 0.717) is 17.3 Å². The zero-order valence-electron chi connectivity index (χ0n) is 14.1. The third-order valence-electron chi connectivity index (χ3n) is 3.46. The number of carboxylic acids is 1. The Labute approximate surface area is 155 Å². The number of amides is 1. The van der Waals surface area contributed by atoms with Crippen molar-refractivity contribution >= 4 is 28.9 Å². The monoisotopic (exact) mass is 373 g/mol. The predicted octanol–water partition coefficient (Wildman–Crippen LogP) is 3.39. The summed E-state index contributed by atoms with van der Waals surface area (Å²) < 4.78 is 5.06. The molecule has 2 N–H and O–H groups in total. The highest BCUT2D eigenvalue weighted by molar-refractivity contribution is 8.14. The molecule has 6 nitrogen and oxygen atoms in total. The fraction of sp³-hybridized carbons (Fsp3) is 0.211. The van der Waals surface area contributed by atoms with E-state index in [1.807, 2.05) is 30.3 Å². The molecule has 2 atom stereocenters. The number of nitrogens with one attached hydrogen (secondary N) is 1. The number of thioether (sulfide) groups is 1. The fourth-order valence-corrected chi connectivity index (χ4v) is 3.00. The number of hydrogen-bond acceptors (Lipinski definition) is 5. The molecule has 0 radical (unpaired) electrons. The third kappa shape index (κ3) is 5.93. The van der Waals surface area contributed by atoms with Crippen molar-refractivity contribution in [3.63, 3.8) is 0 Å². The molecule has 0 aliphatic rings. The lowest BCUT2D eigenvalue weighted by molar-refractivity contribution is -0.136. The highest BCUT2D eigenvalue weighted by atomic mass is 32.2. The van der Waals surface area contributed by atoms with Crippen molar-refractivity contribution < 1.29 is 24.2 Å². The fourth-order valence-electron chi connectivity index (χ4n) is 2.11. The Morgan fingerprint density at radius 2 is 1.62 bits per heavy atom. The van der Waals surface area contributed by atoms with Gasteiger partial charge in [0.2, 0.25) is 5.12 Å². The molecule has 2 aromatic carbocycles. The molecular weight excluding hydrogens is 354 g/mol. The molecular formula is C19H19NO5S. The SMILES string of the molecule is C[C@H](NC(=O)OCc1ccccc1)C(=O)S[C@@H](C(=O)O)c1ccccc1. The van der Waals surface area contributed by atoms with Crippen LogP contribution in [0.1, 0.15) is 23.3 Å². The van der Waals surface area contributed by atoms with Gasteiger partial charge in [-0.15, -0.1) is 0 Å². The smallest absolute Gasteiger partial charge is 0.408 e. The first-order chi connectivity index (χ1) is 12.5. The molecule has 0 saturated carbocycles. The standard InChI is InChI=1S/C19H19NO5S/c1-13(20-19(24)25-12-14-8-4-2-5-9-14)18(23)26-16(17(21)22)15-10-6-3-7-11-15/h2-11,13,16H,12H2,1H3,(H,20,24)(H,21,22)/t13-,16+/m0/s1. The van der Waals surface area contributed by atoms with E-state index >= 15 is 0 Å². The maximum atomic E-state index is 12.3. The normalized spacial score (nSPS) is 12.7. The second-order valence-electron chi connectivity index (χ2n) is 5.49. The van der Waals surface area contributed by atoms with Crippen LogP contribution >= 0.6 is 11.8 Å². The molecule has 2 rings (SSSR count). The minimum absolute atomic E-state index is 0.0858. The number of benzene rings is 2. The number of carboxylic acid groups (broad SMARTS) is 1. The maximum Gasteiger partial charge on any atom is 0.408 e. The molecule has 2 aromatic rings. The van der Waals surface area contributed by atoms with Gasteiger partial charge in [-0.3, -0.25) is 9.59 Å². The number of hydrogen-bond donors (Lipinski definition) is 2. The van der Waals surface area contributed by atoms with E-state index in [4.69, 9.17) is 4.74 Å². The summed E-state index contributed by atoms with van der Waals surface area (Å²) in [6, 6.07) is 16.7. The molecule has 0 spiro atoms. The lowest BCUT2D eigenvalue weighted by Gasteiger charge is -2.16. The van der Waals surface area contributed by atoms with E-state index < -0.39 is 28.5 Å². The minimum atomic E-state index is -1.12. The quantitative estimate of drug-likeness (QED) is 0.773. The summed E-state index contributed by atoms with van der Waals surface area (Å²) >= 11 is 0.662. The average Bonchev–Trinajstić information content (AvgIpc) is 2.65. The van der Waals surface area contributed by atoms with Gasteiger partial charge in [-0.25, -0.2) is 4.79 Å². The van der Waals surface area contributed by atoms with Crippen molar-refractivity contribution in [3.8, 4) is 0 Å². The first kappa shape index (κ1) is 19.5. The number of ether oxygens (including phenoxy) is 1. The van der Waals surface area contributed by atoms with Crippen LogP contribution in [0.5, 0.6) is 0 Å². The van der Waals surface area contributed by atoms with Crippen molar-refractivity contribution in [2.24, 2.45) is 0 Å². The second-order valence-corrected chi connectivity index (χ2v) is 6.60. The van der Waals surface area contributed by atoms with Gasteiger partial charge in [-0.05, 0) is 18.1 Å². The van der Waals surface area contributed by atoms with Crippen molar-refractivity contribution in [2.75, 3.05) is 0 Å². The minimum Gasteiger partial charge on any atom is -0.480 e. The van der Waals surface area contributed by atoms with Gasteiger partial charge < -0.3 is 15.2 Å². The Kier molecular flexibility index (Phi) is 7.23. The molecule has 0 fully saturated rings. The van der Waals surface area contributed by atoms with Crippen LogP contribution in [0.25, 0.3) is 0 Å². The summed E-state index contributed by atoms with van der Waals surface area (Å²) in [6.07, 6.45) is -0.734. The number of rotatable bonds is 7. The van der Waals surface area contributed by atoms with Crippen LogP contribution in [0, 0.1) is 0 Å². The zero-order valence-corrected chi connectivity index (χ0v) is 14.9. The number of carbonyl (C=O) groups is 3. The van der Waals surface area contributed by atoms with Crippen LogP contribution in [-0.2, 0) is 20.9 Å². The van der Waals surface area contributed by atoms with Crippen LogP contribution in [0.2, 0.25) is 0 Å². The van der Waals surface area contributed by atoms with Crippen molar-refractivity contribution in [1.29, 1.82) is 0 Å². The molecule has 0 aromatic heterocycles. The van der Waals surface area contributed by atoms with Gasteiger partial charge in [0.1, 0.15) is 11.9 Å². The Hall–Kier alpha value is -2.80. The zero-order chi connectivity index (χ0) is 18.9. The molecule has 0 aliphatic carbocycles. The van der Waals surface area contributed by atoms with Crippen LogP contribution in [0.3, 0.4) is 0 Å². The number of alkyl carbamates (subject to hydrolysis) is 1. The molecule has 1 amide bonds. The third-order valence-corrected chi connectivity index (χ3v) is 4.76. The number of aliphatic carboxylic acids is 1. The highest BCUT2D eigenvalue weighted by Gasteiger charge is 2.27. The van der Waals surface area contributed by atoms with E-state index in [1.54, 1.807) is 30.3 Å². The first-order valence-electron chi connectivity index (χ1n) is 7.93. The van der Waals surface area contributed by atoms with Crippen LogP contribution in [-0.4, -0.2) is 28.3 Å². The van der Waals surface area contributed by atoms with E-state index in [2.05, 4.69) is 5.32 Å². The summed E-state index contributed by atoms with van der Waals surface area (Å²) in [4.78, 5) is 35.5. The van der Waals surface area contributed by atoms with Crippen molar-refractivity contribution in [3.05, 3.63) is 71.8 Å². The molecule has 0 bridgehead atoms. The summed E-state index contributed by atoms with van der Waals surface area (Å²) in [6.45, 7) is 1.57.